The minimum Gasteiger partial charge on any atom is -0.492 e. The molecule has 0 aliphatic rings. The van der Waals surface area contributed by atoms with Crippen LogP contribution in [-0.2, 0) is 6.54 Å². The van der Waals surface area contributed by atoms with Crippen LogP contribution in [0.4, 0.5) is 5.13 Å². The smallest absolute Gasteiger partial charge is 0.260 e. The number of amides is 1. The van der Waals surface area contributed by atoms with Crippen molar-refractivity contribution in [2.45, 2.75) is 27.3 Å². The molecule has 5 aromatic rings. The number of aromatic nitrogens is 3. The Hall–Kier alpha value is -4.30. The molecule has 8 heteroatoms. The number of hydrogen-bond donors (Lipinski definition) is 0. The van der Waals surface area contributed by atoms with Crippen LogP contribution >= 0.6 is 11.3 Å². The topological polar surface area (TPSA) is 77.3 Å². The van der Waals surface area contributed by atoms with Gasteiger partial charge >= 0.3 is 0 Å². The van der Waals surface area contributed by atoms with E-state index in [9.17, 15) is 9.59 Å². The summed E-state index contributed by atoms with van der Waals surface area (Å²) in [7, 11) is 0. The summed E-state index contributed by atoms with van der Waals surface area (Å²) >= 11 is 1.45. The summed E-state index contributed by atoms with van der Waals surface area (Å²) in [4.78, 5) is 33.2. The summed E-state index contributed by atoms with van der Waals surface area (Å²) in [5, 5.41) is 5.14. The lowest BCUT2D eigenvalue weighted by molar-refractivity contribution is 0.0983. The fourth-order valence-electron chi connectivity index (χ4n) is 4.36. The molecule has 2 aromatic heterocycles. The number of fused-ring (bicyclic) bond motifs is 1. The number of aryl methyl sites for hydroxylation is 2. The number of nitrogens with zero attached hydrogens (tertiary/aromatic N) is 4. The van der Waals surface area contributed by atoms with Gasteiger partial charge in [0.2, 0.25) is 0 Å². The molecule has 1 amide bonds. The number of para-hydroxylation sites is 1. The first-order valence-corrected chi connectivity index (χ1v) is 13.3. The maximum atomic E-state index is 13.8. The Balaban J connectivity index is 1.47. The minimum atomic E-state index is -0.192. The fourth-order valence-corrected chi connectivity index (χ4v) is 5.36. The average molecular weight is 525 g/mol. The van der Waals surface area contributed by atoms with E-state index in [0.29, 0.717) is 47.3 Å². The third-order valence-corrected chi connectivity index (χ3v) is 7.26. The van der Waals surface area contributed by atoms with Crippen LogP contribution in [0.2, 0.25) is 0 Å². The van der Waals surface area contributed by atoms with Crippen molar-refractivity contribution in [2.75, 3.05) is 18.1 Å². The van der Waals surface area contributed by atoms with E-state index in [1.54, 1.807) is 41.3 Å². The van der Waals surface area contributed by atoms with Crippen molar-refractivity contribution in [1.29, 1.82) is 0 Å². The van der Waals surface area contributed by atoms with Crippen molar-refractivity contribution in [1.82, 2.24) is 14.8 Å². The molecule has 38 heavy (non-hydrogen) atoms. The van der Waals surface area contributed by atoms with Gasteiger partial charge in [-0.25, -0.2) is 4.98 Å². The van der Waals surface area contributed by atoms with Gasteiger partial charge in [-0.2, -0.15) is 5.10 Å². The second kappa shape index (κ2) is 11.0. The summed E-state index contributed by atoms with van der Waals surface area (Å²) in [6.07, 6.45) is 0. The summed E-state index contributed by atoms with van der Waals surface area (Å²) in [6.45, 7) is 7.32. The summed E-state index contributed by atoms with van der Waals surface area (Å²) in [5.74, 6) is 0.421. The number of hydrogen-bond acceptors (Lipinski definition) is 6. The Morgan fingerprint density at radius 3 is 2.32 bits per heavy atom. The van der Waals surface area contributed by atoms with Crippen molar-refractivity contribution in [2.24, 2.45) is 0 Å². The molecule has 5 rings (SSSR count). The highest BCUT2D eigenvalue weighted by atomic mass is 32.1. The largest absolute Gasteiger partial charge is 0.492 e. The van der Waals surface area contributed by atoms with Crippen molar-refractivity contribution in [3.63, 3.8) is 0 Å². The minimum absolute atomic E-state index is 0.0828. The number of ketones is 1. The third-order valence-electron chi connectivity index (χ3n) is 6.22. The van der Waals surface area contributed by atoms with Crippen molar-refractivity contribution >= 4 is 38.4 Å². The van der Waals surface area contributed by atoms with E-state index in [0.717, 1.165) is 21.6 Å². The monoisotopic (exact) mass is 524 g/mol. The first-order chi connectivity index (χ1) is 18.4. The molecule has 0 bridgehead atoms. The first-order valence-electron chi connectivity index (χ1n) is 12.5. The van der Waals surface area contributed by atoms with Crippen LogP contribution in [0.25, 0.3) is 10.2 Å². The summed E-state index contributed by atoms with van der Waals surface area (Å²) in [5.41, 5.74) is 4.32. The van der Waals surface area contributed by atoms with Crippen LogP contribution in [0.3, 0.4) is 0 Å². The average Bonchev–Trinajstić information content (AvgIpc) is 3.51. The number of ether oxygens (including phenoxy) is 1. The number of benzene rings is 3. The first kappa shape index (κ1) is 25.4. The van der Waals surface area contributed by atoms with Crippen LogP contribution in [0.1, 0.15) is 44.6 Å². The second-order valence-corrected chi connectivity index (χ2v) is 9.92. The van der Waals surface area contributed by atoms with Gasteiger partial charge in [-0.3, -0.25) is 19.2 Å². The molecule has 0 atom stereocenters. The summed E-state index contributed by atoms with van der Waals surface area (Å²) in [6, 6.07) is 23.7. The molecule has 0 saturated carbocycles. The van der Waals surface area contributed by atoms with Crippen molar-refractivity contribution in [3.05, 3.63) is 107 Å². The summed E-state index contributed by atoms with van der Waals surface area (Å²) < 4.78 is 8.61. The zero-order chi connectivity index (χ0) is 26.6. The van der Waals surface area contributed by atoms with Gasteiger partial charge in [0.15, 0.2) is 10.9 Å². The number of carbonyl (C=O) groups excluding carboxylic acids is 2. The molecule has 3 aromatic carbocycles. The highest BCUT2D eigenvalue weighted by Crippen LogP contribution is 2.35. The SMILES string of the molecule is CCOc1cccc2sc(N(CCn3nc(C)cc3C)C(=O)c3ccc(C(=O)c4ccccc4)cc3)nc12. The van der Waals surface area contributed by atoms with Gasteiger partial charge in [-0.15, -0.1) is 0 Å². The van der Waals surface area contributed by atoms with E-state index < -0.39 is 0 Å². The Morgan fingerprint density at radius 1 is 0.921 bits per heavy atom. The number of anilines is 1. The molecule has 2 heterocycles. The highest BCUT2D eigenvalue weighted by Gasteiger charge is 2.23. The van der Waals surface area contributed by atoms with Gasteiger partial charge in [0.25, 0.3) is 5.91 Å². The van der Waals surface area contributed by atoms with Crippen molar-refractivity contribution in [3.8, 4) is 5.75 Å². The lowest BCUT2D eigenvalue weighted by atomic mass is 10.0. The quantitative estimate of drug-likeness (QED) is 0.218. The predicted octanol–water partition coefficient (Wildman–Crippen LogP) is 6.09. The number of thiazole rings is 1. The van der Waals surface area contributed by atoms with E-state index in [1.807, 2.05) is 67.9 Å². The van der Waals surface area contributed by atoms with Gasteiger partial charge in [-0.1, -0.05) is 59.9 Å². The van der Waals surface area contributed by atoms with E-state index in [2.05, 4.69) is 5.10 Å². The number of carbonyl (C=O) groups is 2. The Kier molecular flexibility index (Phi) is 7.33. The lowest BCUT2D eigenvalue weighted by Crippen LogP contribution is -2.34. The molecule has 0 spiro atoms. The second-order valence-electron chi connectivity index (χ2n) is 8.91. The van der Waals surface area contributed by atoms with Crippen LogP contribution in [0.5, 0.6) is 5.75 Å². The van der Waals surface area contributed by atoms with Crippen molar-refractivity contribution < 1.29 is 14.3 Å². The maximum absolute atomic E-state index is 13.8. The Morgan fingerprint density at radius 2 is 1.63 bits per heavy atom. The van der Waals surface area contributed by atoms with Crippen LogP contribution in [0.15, 0.2) is 78.9 Å². The number of rotatable bonds is 9. The highest BCUT2D eigenvalue weighted by molar-refractivity contribution is 7.22. The maximum Gasteiger partial charge on any atom is 0.260 e. The van der Waals surface area contributed by atoms with Gasteiger partial charge in [-0.05, 0) is 51.1 Å². The van der Waals surface area contributed by atoms with Gasteiger partial charge in [0, 0.05) is 28.9 Å². The third kappa shape index (κ3) is 5.21. The molecule has 0 aliphatic carbocycles. The van der Waals surface area contributed by atoms with Crippen LogP contribution in [0, 0.1) is 13.8 Å². The normalized spacial score (nSPS) is 11.0. The molecule has 0 saturated heterocycles. The molecule has 0 N–H and O–H groups in total. The lowest BCUT2D eigenvalue weighted by Gasteiger charge is -2.20. The van der Waals surface area contributed by atoms with E-state index in [1.165, 1.54) is 11.3 Å². The van der Waals surface area contributed by atoms with Crippen LogP contribution in [-0.4, -0.2) is 39.6 Å². The zero-order valence-corrected chi connectivity index (χ0v) is 22.4. The molecular formula is C30H28N4O3S. The van der Waals surface area contributed by atoms with Gasteiger partial charge in [0.05, 0.1) is 23.5 Å². The Labute approximate surface area is 225 Å². The van der Waals surface area contributed by atoms with Crippen LogP contribution < -0.4 is 9.64 Å². The van der Waals surface area contributed by atoms with Gasteiger partial charge < -0.3 is 4.74 Å². The molecule has 7 nitrogen and oxygen atoms in total. The molecule has 0 unspecified atom stereocenters. The molecule has 0 aliphatic heterocycles. The molecule has 0 radical (unpaired) electrons. The van der Waals surface area contributed by atoms with E-state index in [4.69, 9.17) is 9.72 Å². The fraction of sp³-hybridized carbons (Fsp3) is 0.200. The molecule has 192 valence electrons. The predicted molar refractivity (Wildman–Crippen MR) is 150 cm³/mol. The Bertz CT molecular complexity index is 1590. The van der Waals surface area contributed by atoms with Gasteiger partial charge in [0.1, 0.15) is 11.3 Å². The van der Waals surface area contributed by atoms with E-state index in [-0.39, 0.29) is 11.7 Å². The zero-order valence-electron chi connectivity index (χ0n) is 21.5. The standard InChI is InChI=1S/C30H28N4O3S/c1-4-37-25-11-8-12-26-27(25)31-30(38-26)33(17-18-34-21(3)19-20(2)32-34)29(36)24-15-13-23(14-16-24)28(35)22-9-6-5-7-10-22/h5-16,19H,4,17-18H2,1-3H3. The van der Waals surface area contributed by atoms with E-state index >= 15 is 0 Å². The molecular weight excluding hydrogens is 496 g/mol. The molecule has 0 fully saturated rings.